The molecule has 0 atom stereocenters. The fourth-order valence-electron chi connectivity index (χ4n) is 3.22. The molecule has 118 valence electrons. The topological polar surface area (TPSA) is 29.9 Å². The highest BCUT2D eigenvalue weighted by atomic mass is 15.3. The molecule has 0 aromatic carbocycles. The van der Waals surface area contributed by atoms with Crippen molar-refractivity contribution < 1.29 is 0 Å². The second-order valence-corrected chi connectivity index (χ2v) is 6.27. The fraction of sp³-hybridized carbons (Fsp3) is 0.722. The molecule has 0 radical (unpaired) electrons. The first-order valence-corrected chi connectivity index (χ1v) is 8.77. The van der Waals surface area contributed by atoms with Gasteiger partial charge >= 0.3 is 0 Å². The van der Waals surface area contributed by atoms with Crippen LogP contribution in [0.4, 0.5) is 0 Å². The smallest absolute Gasteiger partial charge is 0.0562 e. The molecule has 1 N–H and O–H groups in total. The van der Waals surface area contributed by atoms with Crippen molar-refractivity contribution in [2.45, 2.75) is 65.3 Å². The monoisotopic (exact) mass is 289 g/mol. The van der Waals surface area contributed by atoms with Crippen LogP contribution in [0.3, 0.4) is 0 Å². The Morgan fingerprint density at radius 2 is 2.10 bits per heavy atom. The van der Waals surface area contributed by atoms with E-state index in [9.17, 15) is 0 Å². The minimum atomic E-state index is 0.776. The van der Waals surface area contributed by atoms with Gasteiger partial charge in [-0.05, 0) is 38.1 Å². The average molecular weight is 289 g/mol. The van der Waals surface area contributed by atoms with Crippen LogP contribution in [0, 0.1) is 5.92 Å². The third kappa shape index (κ3) is 5.31. The predicted molar refractivity (Wildman–Crippen MR) is 90.2 cm³/mol. The molecule has 21 heavy (non-hydrogen) atoms. The Bertz CT molecular complexity index is 427. The summed E-state index contributed by atoms with van der Waals surface area (Å²) < 4.78 is 2.06. The van der Waals surface area contributed by atoms with Crippen molar-refractivity contribution in [3.05, 3.63) is 23.5 Å². The number of rotatable bonds is 8. The number of aromatic nitrogens is 2. The van der Waals surface area contributed by atoms with Crippen molar-refractivity contribution in [1.29, 1.82) is 0 Å². The quantitative estimate of drug-likeness (QED) is 0.725. The first kappa shape index (κ1) is 16.3. The van der Waals surface area contributed by atoms with Gasteiger partial charge in [0.2, 0.25) is 0 Å². The van der Waals surface area contributed by atoms with E-state index in [4.69, 9.17) is 0 Å². The van der Waals surface area contributed by atoms with Gasteiger partial charge in [0, 0.05) is 24.8 Å². The molecule has 2 rings (SSSR count). The van der Waals surface area contributed by atoms with Gasteiger partial charge in [-0.15, -0.1) is 0 Å². The van der Waals surface area contributed by atoms with E-state index in [-0.39, 0.29) is 0 Å². The summed E-state index contributed by atoms with van der Waals surface area (Å²) in [6, 6.07) is 0. The zero-order valence-electron chi connectivity index (χ0n) is 13.8. The molecule has 0 saturated heterocycles. The maximum Gasteiger partial charge on any atom is 0.0562 e. The normalized spacial score (nSPS) is 17.3. The Hall–Kier alpha value is -1.09. The van der Waals surface area contributed by atoms with Crippen molar-refractivity contribution >= 4 is 6.08 Å². The molecular formula is C18H31N3. The molecule has 1 aromatic rings. The van der Waals surface area contributed by atoms with E-state index in [1.54, 1.807) is 5.57 Å². The number of hydrogen-bond acceptors (Lipinski definition) is 2. The average Bonchev–Trinajstić information content (AvgIpc) is 2.95. The highest BCUT2D eigenvalue weighted by molar-refractivity contribution is 5.52. The number of nitrogens with one attached hydrogen (secondary N) is 1. The van der Waals surface area contributed by atoms with Crippen molar-refractivity contribution in [2.75, 3.05) is 13.1 Å². The van der Waals surface area contributed by atoms with Crippen molar-refractivity contribution in [3.8, 4) is 0 Å². The molecule has 0 bridgehead atoms. The molecule has 1 aromatic heterocycles. The molecule has 1 saturated carbocycles. The van der Waals surface area contributed by atoms with Gasteiger partial charge in [0.1, 0.15) is 0 Å². The van der Waals surface area contributed by atoms with Gasteiger partial charge in [0.25, 0.3) is 0 Å². The van der Waals surface area contributed by atoms with E-state index in [1.807, 2.05) is 6.20 Å². The van der Waals surface area contributed by atoms with Crippen molar-refractivity contribution in [1.82, 2.24) is 15.1 Å². The van der Waals surface area contributed by atoms with Crippen LogP contribution in [0.5, 0.6) is 0 Å². The molecule has 1 aliphatic carbocycles. The van der Waals surface area contributed by atoms with E-state index >= 15 is 0 Å². The Balaban J connectivity index is 2.05. The van der Waals surface area contributed by atoms with E-state index in [0.717, 1.165) is 32.0 Å². The number of aryl methyl sites for hydroxylation is 1. The third-order valence-electron chi connectivity index (χ3n) is 4.34. The molecule has 0 unspecified atom stereocenters. The third-order valence-corrected chi connectivity index (χ3v) is 4.34. The Kier molecular flexibility index (Phi) is 7.01. The van der Waals surface area contributed by atoms with Crippen LogP contribution in [-0.2, 0) is 6.54 Å². The minimum absolute atomic E-state index is 0.776. The molecule has 1 aliphatic rings. The maximum absolute atomic E-state index is 4.45. The molecule has 0 amide bonds. The van der Waals surface area contributed by atoms with Gasteiger partial charge in [-0.2, -0.15) is 5.10 Å². The van der Waals surface area contributed by atoms with E-state index in [1.165, 1.54) is 44.1 Å². The number of hydrogen-bond donors (Lipinski definition) is 1. The summed E-state index contributed by atoms with van der Waals surface area (Å²) in [7, 11) is 0. The molecule has 3 nitrogen and oxygen atoms in total. The lowest BCUT2D eigenvalue weighted by molar-refractivity contribution is 0.396. The van der Waals surface area contributed by atoms with E-state index in [2.05, 4.69) is 41.2 Å². The summed E-state index contributed by atoms with van der Waals surface area (Å²) in [6.45, 7) is 7.59. The highest BCUT2D eigenvalue weighted by Gasteiger charge is 2.17. The molecule has 1 fully saturated rings. The highest BCUT2D eigenvalue weighted by Crippen LogP contribution is 2.30. The summed E-state index contributed by atoms with van der Waals surface area (Å²) in [5.41, 5.74) is 2.85. The fourth-order valence-corrected chi connectivity index (χ4v) is 3.22. The number of nitrogens with zero attached hydrogens (tertiary/aromatic N) is 2. The first-order valence-electron chi connectivity index (χ1n) is 8.77. The lowest BCUT2D eigenvalue weighted by Gasteiger charge is -2.25. The zero-order valence-corrected chi connectivity index (χ0v) is 13.8. The first-order chi connectivity index (χ1) is 10.3. The molecule has 0 aliphatic heterocycles. The van der Waals surface area contributed by atoms with Gasteiger partial charge in [-0.25, -0.2) is 0 Å². The van der Waals surface area contributed by atoms with E-state index in [0.29, 0.717) is 0 Å². The van der Waals surface area contributed by atoms with Gasteiger partial charge < -0.3 is 5.32 Å². The second-order valence-electron chi connectivity index (χ2n) is 6.27. The maximum atomic E-state index is 4.45. The van der Waals surface area contributed by atoms with Crippen LogP contribution >= 0.6 is 0 Å². The van der Waals surface area contributed by atoms with Crippen LogP contribution in [0.25, 0.3) is 6.08 Å². The van der Waals surface area contributed by atoms with Gasteiger partial charge in [0.15, 0.2) is 0 Å². The van der Waals surface area contributed by atoms with Crippen LogP contribution in [-0.4, -0.2) is 22.9 Å². The lowest BCUT2D eigenvalue weighted by atomic mass is 9.83. The summed E-state index contributed by atoms with van der Waals surface area (Å²) >= 11 is 0. The van der Waals surface area contributed by atoms with Crippen LogP contribution < -0.4 is 5.32 Å². The van der Waals surface area contributed by atoms with Gasteiger partial charge in [0.05, 0.1) is 6.20 Å². The Morgan fingerprint density at radius 1 is 1.29 bits per heavy atom. The van der Waals surface area contributed by atoms with Gasteiger partial charge in [-0.3, -0.25) is 4.68 Å². The van der Waals surface area contributed by atoms with Crippen LogP contribution in [0.2, 0.25) is 0 Å². The van der Waals surface area contributed by atoms with Crippen LogP contribution in [0.15, 0.2) is 18.0 Å². The summed E-state index contributed by atoms with van der Waals surface area (Å²) in [5, 5.41) is 8.04. The predicted octanol–water partition coefficient (Wildman–Crippen LogP) is 4.26. The van der Waals surface area contributed by atoms with Crippen molar-refractivity contribution in [2.24, 2.45) is 5.92 Å². The van der Waals surface area contributed by atoms with E-state index < -0.39 is 0 Å². The lowest BCUT2D eigenvalue weighted by Crippen LogP contribution is -2.22. The zero-order chi connectivity index (χ0) is 14.9. The Morgan fingerprint density at radius 3 is 2.81 bits per heavy atom. The standard InChI is InChI=1S/C18H31N3/c1-3-10-19-14-18(17-8-6-5-7-9-17)12-16-13-20-21(15-16)11-4-2/h12-13,15,17,19H,3-11,14H2,1-2H3. The molecule has 0 spiro atoms. The van der Waals surface area contributed by atoms with Gasteiger partial charge in [-0.1, -0.05) is 44.8 Å². The van der Waals surface area contributed by atoms with Crippen molar-refractivity contribution in [3.63, 3.8) is 0 Å². The summed E-state index contributed by atoms with van der Waals surface area (Å²) in [4.78, 5) is 0. The SMILES string of the molecule is CCCNCC(=Cc1cnn(CCC)c1)C1CCCCC1. The largest absolute Gasteiger partial charge is 0.313 e. The molecule has 1 heterocycles. The minimum Gasteiger partial charge on any atom is -0.313 e. The summed E-state index contributed by atoms with van der Waals surface area (Å²) in [5.74, 6) is 0.776. The summed E-state index contributed by atoms with van der Waals surface area (Å²) in [6.07, 6.45) is 15.9. The second kappa shape index (κ2) is 9.04. The van der Waals surface area contributed by atoms with Crippen LogP contribution in [0.1, 0.15) is 64.4 Å². The molecular weight excluding hydrogens is 258 g/mol. The Labute approximate surface area is 129 Å². The molecule has 3 heteroatoms.